The Labute approximate surface area is 97.0 Å². The monoisotopic (exact) mass is 238 g/mol. The molecule has 3 nitrogen and oxygen atoms in total. The minimum absolute atomic E-state index is 0.132. The van der Waals surface area contributed by atoms with Gasteiger partial charge in [0.2, 0.25) is 5.91 Å². The number of hydrogen-bond donors (Lipinski definition) is 2. The van der Waals surface area contributed by atoms with Crippen molar-refractivity contribution in [1.29, 1.82) is 0 Å². The number of halogens is 2. The Bertz CT molecular complexity index is 495. The van der Waals surface area contributed by atoms with E-state index in [1.807, 2.05) is 0 Å². The van der Waals surface area contributed by atoms with E-state index in [4.69, 9.17) is 18.0 Å². The standard InChI is InChI=1S/C11H8ClFN2O/c1-2-5-14-10-8-6(12)3-4-7(13)9(8)15-11(10)16/h1,3-4,10,14H,5H2,(H,15,16). The van der Waals surface area contributed by atoms with E-state index < -0.39 is 11.9 Å². The first-order valence-electron chi connectivity index (χ1n) is 4.60. The lowest BCUT2D eigenvalue weighted by atomic mass is 10.1. The molecule has 0 fully saturated rings. The third kappa shape index (κ3) is 1.64. The van der Waals surface area contributed by atoms with Gasteiger partial charge in [0, 0.05) is 10.6 Å². The van der Waals surface area contributed by atoms with E-state index in [0.29, 0.717) is 10.6 Å². The van der Waals surface area contributed by atoms with Crippen LogP contribution in [0.25, 0.3) is 0 Å². The van der Waals surface area contributed by atoms with Gasteiger partial charge in [-0.3, -0.25) is 10.1 Å². The number of carbonyl (C=O) groups is 1. The van der Waals surface area contributed by atoms with Crippen molar-refractivity contribution < 1.29 is 9.18 Å². The molecule has 0 bridgehead atoms. The van der Waals surface area contributed by atoms with Gasteiger partial charge in [0.05, 0.1) is 12.2 Å². The molecule has 82 valence electrons. The summed E-state index contributed by atoms with van der Waals surface area (Å²) in [6, 6.07) is 1.94. The van der Waals surface area contributed by atoms with Crippen LogP contribution in [-0.2, 0) is 4.79 Å². The van der Waals surface area contributed by atoms with Crippen molar-refractivity contribution in [2.24, 2.45) is 0 Å². The average molecular weight is 239 g/mol. The number of terminal acetylenes is 1. The number of benzene rings is 1. The zero-order valence-corrected chi connectivity index (χ0v) is 8.94. The molecule has 1 unspecified atom stereocenters. The van der Waals surface area contributed by atoms with Crippen LogP contribution in [0.1, 0.15) is 11.6 Å². The topological polar surface area (TPSA) is 41.1 Å². The quantitative estimate of drug-likeness (QED) is 0.770. The average Bonchev–Trinajstić information content (AvgIpc) is 2.59. The molecule has 1 aliphatic rings. The van der Waals surface area contributed by atoms with Crippen molar-refractivity contribution in [1.82, 2.24) is 5.32 Å². The summed E-state index contributed by atoms with van der Waals surface area (Å²) in [5.74, 6) is 1.50. The number of anilines is 1. The van der Waals surface area contributed by atoms with Gasteiger partial charge in [-0.2, -0.15) is 0 Å². The third-order valence-electron chi connectivity index (χ3n) is 2.35. The van der Waals surface area contributed by atoms with Crippen molar-refractivity contribution in [3.05, 3.63) is 28.5 Å². The van der Waals surface area contributed by atoms with Gasteiger partial charge in [-0.15, -0.1) is 6.42 Å². The number of hydrogen-bond acceptors (Lipinski definition) is 2. The Kier molecular flexibility index (Phi) is 2.82. The zero-order chi connectivity index (χ0) is 11.7. The van der Waals surface area contributed by atoms with Crippen LogP contribution in [-0.4, -0.2) is 12.5 Å². The molecule has 2 rings (SSSR count). The third-order valence-corrected chi connectivity index (χ3v) is 2.68. The molecule has 1 amide bonds. The first-order chi connectivity index (χ1) is 7.65. The number of nitrogens with one attached hydrogen (secondary N) is 2. The molecule has 1 aliphatic heterocycles. The fourth-order valence-electron chi connectivity index (χ4n) is 1.66. The van der Waals surface area contributed by atoms with Gasteiger partial charge in [-0.25, -0.2) is 4.39 Å². The first-order valence-corrected chi connectivity index (χ1v) is 4.98. The summed E-state index contributed by atoms with van der Waals surface area (Å²) in [5.41, 5.74) is 0.550. The van der Waals surface area contributed by atoms with Gasteiger partial charge in [0.1, 0.15) is 11.9 Å². The van der Waals surface area contributed by atoms with E-state index in [-0.39, 0.29) is 18.1 Å². The Hall–Kier alpha value is -1.57. The molecular weight excluding hydrogens is 231 g/mol. The highest BCUT2D eigenvalue weighted by Crippen LogP contribution is 2.37. The maximum absolute atomic E-state index is 13.4. The number of fused-ring (bicyclic) bond motifs is 1. The molecule has 1 heterocycles. The SMILES string of the molecule is C#CCNC1C(=O)Nc2c(F)ccc(Cl)c21. The number of amides is 1. The molecule has 1 aromatic carbocycles. The lowest BCUT2D eigenvalue weighted by Gasteiger charge is -2.10. The van der Waals surface area contributed by atoms with Gasteiger partial charge in [-0.1, -0.05) is 17.5 Å². The summed E-state index contributed by atoms with van der Waals surface area (Å²) in [5, 5.41) is 5.58. The molecular formula is C11H8ClFN2O. The van der Waals surface area contributed by atoms with Crippen LogP contribution in [0, 0.1) is 18.2 Å². The molecule has 16 heavy (non-hydrogen) atoms. The maximum Gasteiger partial charge on any atom is 0.246 e. The Morgan fingerprint density at radius 1 is 1.62 bits per heavy atom. The summed E-state index contributed by atoms with van der Waals surface area (Å²) >= 11 is 5.93. The normalized spacial score (nSPS) is 17.8. The molecule has 1 aromatic rings. The minimum Gasteiger partial charge on any atom is -0.322 e. The minimum atomic E-state index is -0.686. The largest absolute Gasteiger partial charge is 0.322 e. The van der Waals surface area contributed by atoms with E-state index in [2.05, 4.69) is 16.6 Å². The summed E-state index contributed by atoms with van der Waals surface area (Å²) in [4.78, 5) is 11.6. The molecule has 0 spiro atoms. The van der Waals surface area contributed by atoms with Crippen LogP contribution < -0.4 is 10.6 Å². The zero-order valence-electron chi connectivity index (χ0n) is 8.18. The summed E-state index contributed by atoms with van der Waals surface area (Å²) < 4.78 is 13.4. The maximum atomic E-state index is 13.4. The molecule has 1 atom stereocenters. The van der Waals surface area contributed by atoms with Crippen molar-refractivity contribution >= 4 is 23.2 Å². The highest BCUT2D eigenvalue weighted by atomic mass is 35.5. The molecule has 0 radical (unpaired) electrons. The van der Waals surface area contributed by atoms with Crippen LogP contribution in [0.4, 0.5) is 10.1 Å². The lowest BCUT2D eigenvalue weighted by molar-refractivity contribution is -0.117. The second-order valence-electron chi connectivity index (χ2n) is 3.33. The van der Waals surface area contributed by atoms with Crippen molar-refractivity contribution in [3.63, 3.8) is 0 Å². The molecule has 0 saturated carbocycles. The second-order valence-corrected chi connectivity index (χ2v) is 3.73. The Morgan fingerprint density at radius 3 is 3.06 bits per heavy atom. The molecule has 2 N–H and O–H groups in total. The predicted octanol–water partition coefficient (Wildman–Crippen LogP) is 1.70. The van der Waals surface area contributed by atoms with Gasteiger partial charge in [0.15, 0.2) is 0 Å². The fourth-order valence-corrected chi connectivity index (χ4v) is 1.93. The second kappa shape index (κ2) is 4.12. The van der Waals surface area contributed by atoms with E-state index >= 15 is 0 Å². The van der Waals surface area contributed by atoms with Gasteiger partial charge in [-0.05, 0) is 12.1 Å². The van der Waals surface area contributed by atoms with Crippen molar-refractivity contribution in [2.75, 3.05) is 11.9 Å². The molecule has 0 aromatic heterocycles. The van der Waals surface area contributed by atoms with Crippen LogP contribution in [0.3, 0.4) is 0 Å². The smallest absolute Gasteiger partial charge is 0.246 e. The predicted molar refractivity (Wildman–Crippen MR) is 59.6 cm³/mol. The van der Waals surface area contributed by atoms with E-state index in [1.54, 1.807) is 0 Å². The molecule has 0 saturated heterocycles. The Balaban J connectivity index is 2.44. The summed E-state index contributed by atoms with van der Waals surface area (Å²) in [7, 11) is 0. The molecule has 0 aliphatic carbocycles. The highest BCUT2D eigenvalue weighted by Gasteiger charge is 2.34. The van der Waals surface area contributed by atoms with E-state index in [0.717, 1.165) is 0 Å². The molecule has 5 heteroatoms. The number of carbonyl (C=O) groups excluding carboxylic acids is 1. The Morgan fingerprint density at radius 2 is 2.38 bits per heavy atom. The van der Waals surface area contributed by atoms with Crippen molar-refractivity contribution in [3.8, 4) is 12.3 Å². The van der Waals surface area contributed by atoms with Crippen LogP contribution in [0.15, 0.2) is 12.1 Å². The van der Waals surface area contributed by atoms with Crippen LogP contribution >= 0.6 is 11.6 Å². The van der Waals surface area contributed by atoms with Gasteiger partial charge in [0.25, 0.3) is 0 Å². The lowest BCUT2D eigenvalue weighted by Crippen LogP contribution is -2.27. The van der Waals surface area contributed by atoms with E-state index in [9.17, 15) is 9.18 Å². The van der Waals surface area contributed by atoms with Gasteiger partial charge >= 0.3 is 0 Å². The summed E-state index contributed by atoms with van der Waals surface area (Å²) in [6.45, 7) is 0.213. The highest BCUT2D eigenvalue weighted by molar-refractivity contribution is 6.32. The van der Waals surface area contributed by atoms with E-state index in [1.165, 1.54) is 12.1 Å². The van der Waals surface area contributed by atoms with Gasteiger partial charge < -0.3 is 5.32 Å². The summed E-state index contributed by atoms with van der Waals surface area (Å²) in [6.07, 6.45) is 5.09. The first kappa shape index (κ1) is 10.9. The van der Waals surface area contributed by atoms with Crippen LogP contribution in [0.5, 0.6) is 0 Å². The number of rotatable bonds is 2. The van der Waals surface area contributed by atoms with Crippen molar-refractivity contribution in [2.45, 2.75) is 6.04 Å². The van der Waals surface area contributed by atoms with Crippen LogP contribution in [0.2, 0.25) is 5.02 Å². The fraction of sp³-hybridized carbons (Fsp3) is 0.182.